The van der Waals surface area contributed by atoms with E-state index in [1.165, 1.54) is 24.2 Å². The summed E-state index contributed by atoms with van der Waals surface area (Å²) in [5, 5.41) is 13.8. The average molecular weight is 563 g/mol. The van der Waals surface area contributed by atoms with Gasteiger partial charge in [0.2, 0.25) is 0 Å². The van der Waals surface area contributed by atoms with E-state index in [0.717, 1.165) is 33.0 Å². The molecular formula is C30H25F3N4O2S. The molecule has 5 aromatic rings. The Morgan fingerprint density at radius 2 is 1.75 bits per heavy atom. The van der Waals surface area contributed by atoms with Crippen molar-refractivity contribution in [2.24, 2.45) is 0 Å². The van der Waals surface area contributed by atoms with Gasteiger partial charge in [0.1, 0.15) is 30.3 Å². The molecule has 0 saturated carbocycles. The number of phenolic OH excluding ortho intramolecular Hbond substituents is 1. The number of nitrogens with one attached hydrogen (secondary N) is 1. The molecule has 6 nitrogen and oxygen atoms in total. The molecule has 0 aliphatic heterocycles. The number of halogens is 3. The zero-order valence-corrected chi connectivity index (χ0v) is 22.4. The Labute approximate surface area is 233 Å². The minimum atomic E-state index is -4.43. The van der Waals surface area contributed by atoms with E-state index in [1.807, 2.05) is 18.2 Å². The van der Waals surface area contributed by atoms with E-state index < -0.39 is 11.7 Å². The van der Waals surface area contributed by atoms with Gasteiger partial charge in [-0.1, -0.05) is 37.7 Å². The molecule has 3 aromatic carbocycles. The van der Waals surface area contributed by atoms with Gasteiger partial charge in [-0.2, -0.15) is 13.2 Å². The second kappa shape index (κ2) is 11.4. The van der Waals surface area contributed by atoms with E-state index in [1.54, 1.807) is 42.5 Å². The number of hydrogen-bond acceptors (Lipinski definition) is 7. The zero-order valence-electron chi connectivity index (χ0n) is 21.6. The van der Waals surface area contributed by atoms with E-state index >= 15 is 0 Å². The van der Waals surface area contributed by atoms with Crippen molar-refractivity contribution in [3.8, 4) is 11.5 Å². The van der Waals surface area contributed by atoms with Gasteiger partial charge in [0, 0.05) is 21.6 Å². The standard InChI is InChI=1S/C30H25F3N4O2S/c1-18(2)25-12-11-24-28(36-25)34-17-35-29(24)37-26-15-22(8-13-27(26)40-23-9-6-21(38)7-10-23)39-16-19-4-3-5-20(14-19)30(31,32)33/h3-15,17-18,38H,16H2,1-2H3,(H,34,35,36,37). The van der Waals surface area contributed by atoms with Crippen LogP contribution in [0.4, 0.5) is 24.7 Å². The van der Waals surface area contributed by atoms with Crippen molar-refractivity contribution in [3.63, 3.8) is 0 Å². The summed E-state index contributed by atoms with van der Waals surface area (Å²) in [5.74, 6) is 1.43. The van der Waals surface area contributed by atoms with Crippen LogP contribution in [-0.2, 0) is 12.8 Å². The Kier molecular flexibility index (Phi) is 7.79. The molecule has 0 radical (unpaired) electrons. The highest BCUT2D eigenvalue weighted by molar-refractivity contribution is 7.99. The number of anilines is 2. The predicted molar refractivity (Wildman–Crippen MR) is 149 cm³/mol. The molecule has 0 fully saturated rings. The first-order valence-corrected chi connectivity index (χ1v) is 13.3. The molecule has 0 atom stereocenters. The Hall–Kier alpha value is -4.31. The second-order valence-corrected chi connectivity index (χ2v) is 10.5. The van der Waals surface area contributed by atoms with Gasteiger partial charge in [-0.3, -0.25) is 0 Å². The SMILES string of the molecule is CC(C)c1ccc2c(Nc3cc(OCc4cccc(C(F)(F)F)c4)ccc3Sc3ccc(O)cc3)ncnc2n1. The molecule has 0 saturated heterocycles. The summed E-state index contributed by atoms with van der Waals surface area (Å²) >= 11 is 1.47. The number of ether oxygens (including phenoxy) is 1. The summed E-state index contributed by atoms with van der Waals surface area (Å²) < 4.78 is 45.3. The van der Waals surface area contributed by atoms with Crippen LogP contribution in [0.3, 0.4) is 0 Å². The maximum Gasteiger partial charge on any atom is 0.416 e. The third-order valence-corrected chi connectivity index (χ3v) is 7.12. The van der Waals surface area contributed by atoms with Crippen molar-refractivity contribution in [2.45, 2.75) is 42.3 Å². The number of nitrogens with zero attached hydrogens (tertiary/aromatic N) is 3. The topological polar surface area (TPSA) is 80.2 Å². The molecule has 0 spiro atoms. The molecule has 0 unspecified atom stereocenters. The second-order valence-electron chi connectivity index (χ2n) is 9.35. The number of pyridine rings is 1. The van der Waals surface area contributed by atoms with Crippen LogP contribution in [0.25, 0.3) is 11.0 Å². The first-order chi connectivity index (χ1) is 19.2. The number of hydrogen-bond donors (Lipinski definition) is 2. The van der Waals surface area contributed by atoms with E-state index in [4.69, 9.17) is 4.74 Å². The number of benzene rings is 3. The Bertz CT molecular complexity index is 1640. The molecule has 204 valence electrons. The molecule has 5 rings (SSSR count). The summed E-state index contributed by atoms with van der Waals surface area (Å²) in [6.45, 7) is 4.09. The average Bonchev–Trinajstić information content (AvgIpc) is 2.94. The summed E-state index contributed by atoms with van der Waals surface area (Å²) in [6, 6.07) is 21.2. The fourth-order valence-electron chi connectivity index (χ4n) is 3.94. The van der Waals surface area contributed by atoms with Crippen molar-refractivity contribution >= 4 is 34.3 Å². The third kappa shape index (κ3) is 6.45. The first-order valence-electron chi connectivity index (χ1n) is 12.4. The smallest absolute Gasteiger partial charge is 0.416 e. The van der Waals surface area contributed by atoms with Crippen LogP contribution in [0.15, 0.2) is 95.0 Å². The van der Waals surface area contributed by atoms with Crippen LogP contribution in [-0.4, -0.2) is 20.1 Å². The van der Waals surface area contributed by atoms with Crippen LogP contribution in [0.2, 0.25) is 0 Å². The first kappa shape index (κ1) is 27.3. The lowest BCUT2D eigenvalue weighted by Gasteiger charge is -2.16. The lowest BCUT2D eigenvalue weighted by Crippen LogP contribution is -2.06. The molecule has 0 amide bonds. The van der Waals surface area contributed by atoms with Crippen molar-refractivity contribution in [1.82, 2.24) is 15.0 Å². The summed E-state index contributed by atoms with van der Waals surface area (Å²) in [6.07, 6.45) is -2.98. The van der Waals surface area contributed by atoms with Gasteiger partial charge in [0.05, 0.1) is 16.6 Å². The number of fused-ring (bicyclic) bond motifs is 1. The van der Waals surface area contributed by atoms with Gasteiger partial charge in [-0.15, -0.1) is 0 Å². The fourth-order valence-corrected chi connectivity index (χ4v) is 4.82. The number of aromatic nitrogens is 3. The van der Waals surface area contributed by atoms with Crippen molar-refractivity contribution in [1.29, 1.82) is 0 Å². The highest BCUT2D eigenvalue weighted by Gasteiger charge is 2.30. The fraction of sp³-hybridized carbons (Fsp3) is 0.167. The Morgan fingerprint density at radius 3 is 2.50 bits per heavy atom. The molecule has 40 heavy (non-hydrogen) atoms. The summed E-state index contributed by atoms with van der Waals surface area (Å²) in [7, 11) is 0. The van der Waals surface area contributed by atoms with Gasteiger partial charge in [-0.05, 0) is 72.1 Å². The van der Waals surface area contributed by atoms with E-state index in [9.17, 15) is 18.3 Å². The Balaban J connectivity index is 1.46. The van der Waals surface area contributed by atoms with Crippen molar-refractivity contribution < 1.29 is 23.0 Å². The number of alkyl halides is 3. The monoisotopic (exact) mass is 562 g/mol. The van der Waals surface area contributed by atoms with Crippen LogP contribution in [0.5, 0.6) is 11.5 Å². The molecule has 2 aromatic heterocycles. The van der Waals surface area contributed by atoms with Crippen molar-refractivity contribution in [3.05, 3.63) is 102 Å². The summed E-state index contributed by atoms with van der Waals surface area (Å²) in [4.78, 5) is 15.2. The van der Waals surface area contributed by atoms with Gasteiger partial charge in [0.15, 0.2) is 5.65 Å². The molecule has 0 aliphatic rings. The van der Waals surface area contributed by atoms with Crippen LogP contribution < -0.4 is 10.1 Å². The predicted octanol–water partition coefficient (Wildman–Crippen LogP) is 8.35. The van der Waals surface area contributed by atoms with Gasteiger partial charge in [0.25, 0.3) is 0 Å². The summed E-state index contributed by atoms with van der Waals surface area (Å²) in [5.41, 5.74) is 1.84. The largest absolute Gasteiger partial charge is 0.508 e. The van der Waals surface area contributed by atoms with E-state index in [0.29, 0.717) is 28.5 Å². The van der Waals surface area contributed by atoms with Crippen molar-refractivity contribution in [2.75, 3.05) is 5.32 Å². The maximum absolute atomic E-state index is 13.1. The van der Waals surface area contributed by atoms with E-state index in [2.05, 4.69) is 34.1 Å². The van der Waals surface area contributed by atoms with E-state index in [-0.39, 0.29) is 18.3 Å². The van der Waals surface area contributed by atoms with Gasteiger partial charge in [-0.25, -0.2) is 15.0 Å². The van der Waals surface area contributed by atoms with Crippen LogP contribution >= 0.6 is 11.8 Å². The minimum absolute atomic E-state index is 0.0356. The number of phenols is 1. The minimum Gasteiger partial charge on any atom is -0.508 e. The van der Waals surface area contributed by atoms with Gasteiger partial charge < -0.3 is 15.2 Å². The van der Waals surface area contributed by atoms with Crippen LogP contribution in [0.1, 0.15) is 36.6 Å². The highest BCUT2D eigenvalue weighted by Crippen LogP contribution is 2.38. The normalized spacial score (nSPS) is 11.7. The Morgan fingerprint density at radius 1 is 0.950 bits per heavy atom. The quantitative estimate of drug-likeness (QED) is 0.197. The molecule has 2 heterocycles. The zero-order chi connectivity index (χ0) is 28.3. The number of aromatic hydroxyl groups is 1. The third-order valence-electron chi connectivity index (χ3n) is 6.04. The molecule has 0 bridgehead atoms. The lowest BCUT2D eigenvalue weighted by atomic mass is 10.1. The van der Waals surface area contributed by atoms with Crippen LogP contribution in [0, 0.1) is 0 Å². The van der Waals surface area contributed by atoms with Gasteiger partial charge >= 0.3 is 6.18 Å². The molecule has 0 aliphatic carbocycles. The molecular weight excluding hydrogens is 537 g/mol. The molecule has 10 heteroatoms. The maximum atomic E-state index is 13.1. The lowest BCUT2D eigenvalue weighted by molar-refractivity contribution is -0.137. The highest BCUT2D eigenvalue weighted by atomic mass is 32.2. The number of rotatable bonds is 8. The molecule has 2 N–H and O–H groups in total.